The van der Waals surface area contributed by atoms with Gasteiger partial charge in [0.15, 0.2) is 0 Å². The monoisotopic (exact) mass is 283 g/mol. The van der Waals surface area contributed by atoms with E-state index in [1.807, 2.05) is 5.32 Å². The lowest BCUT2D eigenvalue weighted by Crippen LogP contribution is -2.61. The maximum Gasteiger partial charge on any atom is 0.341 e. The lowest BCUT2D eigenvalue weighted by molar-refractivity contribution is -0.161. The number of hydrogen-bond acceptors (Lipinski definition) is 3. The fraction of sp³-hybridized carbons (Fsp3) is 0.308. The van der Waals surface area contributed by atoms with Gasteiger partial charge in [-0.15, -0.1) is 0 Å². The van der Waals surface area contributed by atoms with Gasteiger partial charge in [-0.1, -0.05) is 12.1 Å². The molecule has 1 amide bonds. The summed E-state index contributed by atoms with van der Waals surface area (Å²) in [6.07, 6.45) is -0.488. The predicted molar refractivity (Wildman–Crippen MR) is 66.7 cm³/mol. The van der Waals surface area contributed by atoms with Crippen LogP contribution >= 0.6 is 0 Å². The summed E-state index contributed by atoms with van der Waals surface area (Å²) in [6, 6.07) is 3.75. The highest BCUT2D eigenvalue weighted by Crippen LogP contribution is 2.18. The molecule has 0 aliphatic heterocycles. The van der Waals surface area contributed by atoms with Gasteiger partial charge >= 0.3 is 11.9 Å². The van der Waals surface area contributed by atoms with Gasteiger partial charge in [0.2, 0.25) is 11.4 Å². The second-order valence-electron chi connectivity index (χ2n) is 4.46. The maximum atomic E-state index is 13.2. The van der Waals surface area contributed by atoms with Gasteiger partial charge in [0.1, 0.15) is 5.82 Å². The van der Waals surface area contributed by atoms with E-state index >= 15 is 0 Å². The molecular formula is C13H14FNO5. The number of carboxylic acids is 2. The van der Waals surface area contributed by atoms with Crippen molar-refractivity contribution in [2.45, 2.75) is 25.8 Å². The summed E-state index contributed by atoms with van der Waals surface area (Å²) in [6.45, 7) is 2.50. The van der Waals surface area contributed by atoms with Gasteiger partial charge in [0.05, 0.1) is 0 Å². The van der Waals surface area contributed by atoms with E-state index in [2.05, 4.69) is 0 Å². The van der Waals surface area contributed by atoms with Crippen LogP contribution in [0.4, 0.5) is 4.39 Å². The van der Waals surface area contributed by atoms with Gasteiger partial charge in [-0.2, -0.15) is 0 Å². The van der Waals surface area contributed by atoms with E-state index in [1.165, 1.54) is 19.1 Å². The van der Waals surface area contributed by atoms with Crippen molar-refractivity contribution in [2.75, 3.05) is 0 Å². The summed E-state index contributed by atoms with van der Waals surface area (Å²) in [7, 11) is 0. The highest BCUT2D eigenvalue weighted by Gasteiger charge is 2.47. The van der Waals surface area contributed by atoms with Crippen LogP contribution in [0.2, 0.25) is 0 Å². The molecule has 0 saturated heterocycles. The minimum absolute atomic E-state index is 0.259. The Balaban J connectivity index is 3.23. The summed E-state index contributed by atoms with van der Waals surface area (Å²) in [5, 5.41) is 20.3. The molecule has 0 unspecified atom stereocenters. The van der Waals surface area contributed by atoms with Crippen LogP contribution in [0.25, 0.3) is 0 Å². The Hall–Kier alpha value is -2.44. The molecule has 0 heterocycles. The first-order valence-corrected chi connectivity index (χ1v) is 5.69. The zero-order chi connectivity index (χ0) is 15.5. The van der Waals surface area contributed by atoms with Crippen LogP contribution < -0.4 is 5.32 Å². The molecule has 0 aliphatic carbocycles. The average molecular weight is 283 g/mol. The topological polar surface area (TPSA) is 104 Å². The number of halogens is 1. The first kappa shape index (κ1) is 15.6. The van der Waals surface area contributed by atoms with Crippen molar-refractivity contribution in [3.05, 3.63) is 35.1 Å². The standard InChI is InChI=1S/C13H14FNO5/c1-7-5-9(3-4-10(7)14)6-13(11(17)18,12(19)20)15-8(2)16/h3-5H,6H2,1-2H3,(H,15,16)(H,17,18)(H,19,20). The number of hydrogen-bond donors (Lipinski definition) is 3. The van der Waals surface area contributed by atoms with Crippen molar-refractivity contribution < 1.29 is 29.0 Å². The van der Waals surface area contributed by atoms with Crippen molar-refractivity contribution in [3.8, 4) is 0 Å². The van der Waals surface area contributed by atoms with E-state index in [1.54, 1.807) is 0 Å². The fourth-order valence-corrected chi connectivity index (χ4v) is 1.82. The first-order valence-electron chi connectivity index (χ1n) is 5.69. The largest absolute Gasteiger partial charge is 0.479 e. The number of aliphatic carboxylic acids is 2. The second kappa shape index (κ2) is 5.68. The van der Waals surface area contributed by atoms with E-state index in [0.717, 1.165) is 13.0 Å². The molecule has 108 valence electrons. The van der Waals surface area contributed by atoms with Gasteiger partial charge in [-0.3, -0.25) is 4.79 Å². The van der Waals surface area contributed by atoms with Crippen molar-refractivity contribution >= 4 is 17.8 Å². The summed E-state index contributed by atoms with van der Waals surface area (Å²) in [4.78, 5) is 33.7. The molecular weight excluding hydrogens is 269 g/mol. The minimum atomic E-state index is -2.48. The van der Waals surface area contributed by atoms with Crippen LogP contribution in [-0.2, 0) is 20.8 Å². The summed E-state index contributed by atoms with van der Waals surface area (Å²) in [5.74, 6) is -4.65. The Morgan fingerprint density at radius 2 is 1.80 bits per heavy atom. The second-order valence-corrected chi connectivity index (χ2v) is 4.46. The molecule has 0 bridgehead atoms. The van der Waals surface area contributed by atoms with Gasteiger partial charge in [-0.05, 0) is 24.1 Å². The number of benzene rings is 1. The van der Waals surface area contributed by atoms with Crippen molar-refractivity contribution in [1.82, 2.24) is 5.32 Å². The first-order chi connectivity index (χ1) is 9.19. The van der Waals surface area contributed by atoms with Crippen molar-refractivity contribution in [2.24, 2.45) is 0 Å². The molecule has 0 aliphatic rings. The molecule has 0 spiro atoms. The Morgan fingerprint density at radius 1 is 1.25 bits per heavy atom. The number of nitrogens with one attached hydrogen (secondary N) is 1. The van der Waals surface area contributed by atoms with E-state index in [9.17, 15) is 18.8 Å². The number of carbonyl (C=O) groups excluding carboxylic acids is 1. The van der Waals surface area contributed by atoms with Crippen LogP contribution in [0.3, 0.4) is 0 Å². The molecule has 7 heteroatoms. The smallest absolute Gasteiger partial charge is 0.341 e. The van der Waals surface area contributed by atoms with Crippen LogP contribution in [0, 0.1) is 12.7 Å². The van der Waals surface area contributed by atoms with Gasteiger partial charge < -0.3 is 15.5 Å². The Bertz CT molecular complexity index is 556. The highest BCUT2D eigenvalue weighted by atomic mass is 19.1. The SMILES string of the molecule is CC(=O)NC(Cc1ccc(F)c(C)c1)(C(=O)O)C(=O)O. The third-order valence-corrected chi connectivity index (χ3v) is 2.81. The minimum Gasteiger partial charge on any atom is -0.479 e. The number of rotatable bonds is 5. The predicted octanol–water partition coefficient (Wildman–Crippen LogP) is 0.721. The molecule has 6 nitrogen and oxygen atoms in total. The number of carbonyl (C=O) groups is 3. The molecule has 1 aromatic carbocycles. The van der Waals surface area contributed by atoms with E-state index in [0.29, 0.717) is 5.56 Å². The molecule has 0 radical (unpaired) electrons. The van der Waals surface area contributed by atoms with Gasteiger partial charge in [0.25, 0.3) is 0 Å². The Labute approximate surface area is 114 Å². The lowest BCUT2D eigenvalue weighted by Gasteiger charge is -2.25. The zero-order valence-corrected chi connectivity index (χ0v) is 10.9. The molecule has 0 aromatic heterocycles. The average Bonchev–Trinajstić information content (AvgIpc) is 2.31. The van der Waals surface area contributed by atoms with E-state index in [-0.39, 0.29) is 5.56 Å². The van der Waals surface area contributed by atoms with Gasteiger partial charge in [0, 0.05) is 13.3 Å². The molecule has 1 rings (SSSR count). The fourth-order valence-electron chi connectivity index (χ4n) is 1.82. The third-order valence-electron chi connectivity index (χ3n) is 2.81. The number of amides is 1. The van der Waals surface area contributed by atoms with Crippen molar-refractivity contribution in [1.29, 1.82) is 0 Å². The number of aryl methyl sites for hydroxylation is 1. The normalized spacial score (nSPS) is 10.9. The highest BCUT2D eigenvalue weighted by molar-refractivity contribution is 6.06. The van der Waals surface area contributed by atoms with Crippen LogP contribution in [0.1, 0.15) is 18.1 Å². The third kappa shape index (κ3) is 3.11. The summed E-state index contributed by atoms with van der Waals surface area (Å²) >= 11 is 0. The summed E-state index contributed by atoms with van der Waals surface area (Å²) in [5.41, 5.74) is -1.92. The lowest BCUT2D eigenvalue weighted by atomic mass is 9.90. The Morgan fingerprint density at radius 3 is 2.20 bits per heavy atom. The molecule has 0 fully saturated rings. The van der Waals surface area contributed by atoms with Crippen molar-refractivity contribution in [3.63, 3.8) is 0 Å². The van der Waals surface area contributed by atoms with E-state index in [4.69, 9.17) is 10.2 Å². The number of carboxylic acid groups (broad SMARTS) is 2. The Kier molecular flexibility index (Phi) is 4.44. The van der Waals surface area contributed by atoms with Crippen LogP contribution in [0.15, 0.2) is 18.2 Å². The van der Waals surface area contributed by atoms with Crippen LogP contribution in [0.5, 0.6) is 0 Å². The molecule has 0 atom stereocenters. The maximum absolute atomic E-state index is 13.2. The molecule has 0 saturated carbocycles. The molecule has 3 N–H and O–H groups in total. The van der Waals surface area contributed by atoms with E-state index < -0.39 is 35.6 Å². The van der Waals surface area contributed by atoms with Gasteiger partial charge in [-0.25, -0.2) is 14.0 Å². The summed E-state index contributed by atoms with van der Waals surface area (Å²) < 4.78 is 13.2. The molecule has 20 heavy (non-hydrogen) atoms. The zero-order valence-electron chi connectivity index (χ0n) is 10.9. The quantitative estimate of drug-likeness (QED) is 0.691. The molecule has 1 aromatic rings. The van der Waals surface area contributed by atoms with Crippen LogP contribution in [-0.4, -0.2) is 33.6 Å².